The van der Waals surface area contributed by atoms with Crippen molar-refractivity contribution in [1.82, 2.24) is 10.3 Å². The molecule has 0 spiro atoms. The summed E-state index contributed by atoms with van der Waals surface area (Å²) in [5, 5.41) is 6.35. The molecular formula is C33H47F3N8O2+2. The van der Waals surface area contributed by atoms with Crippen LogP contribution in [0.5, 0.6) is 0 Å². The number of pyridine rings is 1. The van der Waals surface area contributed by atoms with Crippen molar-refractivity contribution in [2.45, 2.75) is 49.6 Å². The standard InChI is InChI=1S/C33H45F3N8O2/c1-43(2)26(17-37)20-44(3,21-27(43)18-38)14-6-8-28(39)31(45)42-30(15-22-10-12-24(13-11-22)33(34,35)36)32(46)41-25-16-23-7-4-5-9-29(23)40-19-25/h4-5,7,9-13,16,19,26-28,30H,6,8,14-15,17-18,20-21,37-39H2,1-3H3/p+2/t26?,27?,28-,30-,44?/m0/s1. The Hall–Kier alpha value is -3.62. The number of para-hydroxylation sites is 1. The van der Waals surface area contributed by atoms with Gasteiger partial charge >= 0.3 is 6.18 Å². The Morgan fingerprint density at radius 3 is 2.22 bits per heavy atom. The number of likely N-dealkylation sites (N-methyl/N-ethyl adjacent to an activating group) is 2. The molecule has 13 heteroatoms. The molecule has 250 valence electrons. The number of nitrogens with zero attached hydrogens (tertiary/aromatic N) is 3. The quantitative estimate of drug-likeness (QED) is 0.191. The van der Waals surface area contributed by atoms with Crippen LogP contribution in [0.25, 0.3) is 10.9 Å². The highest BCUT2D eigenvalue weighted by atomic mass is 19.4. The van der Waals surface area contributed by atoms with Crippen molar-refractivity contribution >= 4 is 28.4 Å². The molecule has 1 aromatic heterocycles. The van der Waals surface area contributed by atoms with Crippen LogP contribution in [-0.2, 0) is 22.2 Å². The summed E-state index contributed by atoms with van der Waals surface area (Å²) in [5.74, 6) is -1.05. The summed E-state index contributed by atoms with van der Waals surface area (Å²) >= 11 is 0. The summed E-state index contributed by atoms with van der Waals surface area (Å²) in [4.78, 5) is 31.1. The SMILES string of the molecule is C[N+]1(CCC[C@H](N)C(=O)N[C@@H](Cc2ccc(C(F)(F)F)cc2)C(=O)Nc2cnc3ccccc3c2)CC(CN)[N+](C)(C)C(CN)C1. The van der Waals surface area contributed by atoms with Crippen molar-refractivity contribution in [3.05, 3.63) is 71.9 Å². The van der Waals surface area contributed by atoms with E-state index in [1.54, 1.807) is 6.07 Å². The van der Waals surface area contributed by atoms with E-state index in [-0.39, 0.29) is 18.5 Å². The Morgan fingerprint density at radius 2 is 1.61 bits per heavy atom. The fraction of sp³-hybridized carbons (Fsp3) is 0.485. The van der Waals surface area contributed by atoms with E-state index in [2.05, 4.69) is 36.8 Å². The number of amides is 2. The highest BCUT2D eigenvalue weighted by molar-refractivity contribution is 5.99. The Labute approximate surface area is 268 Å². The predicted molar refractivity (Wildman–Crippen MR) is 173 cm³/mol. The maximum Gasteiger partial charge on any atom is 0.416 e. The van der Waals surface area contributed by atoms with Gasteiger partial charge in [0.1, 0.15) is 19.1 Å². The second-order valence-electron chi connectivity index (χ2n) is 13.2. The van der Waals surface area contributed by atoms with E-state index >= 15 is 0 Å². The lowest BCUT2D eigenvalue weighted by molar-refractivity contribution is -1.04. The topological polar surface area (TPSA) is 149 Å². The van der Waals surface area contributed by atoms with Gasteiger partial charge < -0.3 is 36.8 Å². The van der Waals surface area contributed by atoms with Crippen LogP contribution in [0.15, 0.2) is 60.8 Å². The van der Waals surface area contributed by atoms with Crippen LogP contribution in [0.3, 0.4) is 0 Å². The van der Waals surface area contributed by atoms with Crippen molar-refractivity contribution in [3.8, 4) is 0 Å². The molecule has 2 amide bonds. The van der Waals surface area contributed by atoms with Gasteiger partial charge in [-0.25, -0.2) is 0 Å². The molecule has 8 N–H and O–H groups in total. The summed E-state index contributed by atoms with van der Waals surface area (Å²) in [5.41, 5.74) is 19.4. The molecule has 2 unspecified atom stereocenters. The van der Waals surface area contributed by atoms with Gasteiger partial charge in [-0.3, -0.25) is 14.6 Å². The van der Waals surface area contributed by atoms with Crippen LogP contribution in [0.1, 0.15) is 24.0 Å². The van der Waals surface area contributed by atoms with Gasteiger partial charge in [0.25, 0.3) is 0 Å². The Bertz CT molecular complexity index is 1480. The fourth-order valence-corrected chi connectivity index (χ4v) is 6.43. The predicted octanol–water partition coefficient (Wildman–Crippen LogP) is 2.22. The lowest BCUT2D eigenvalue weighted by atomic mass is 9.99. The van der Waals surface area contributed by atoms with Crippen molar-refractivity contribution < 1.29 is 31.7 Å². The third kappa shape index (κ3) is 8.59. The number of alkyl halides is 3. The van der Waals surface area contributed by atoms with Gasteiger partial charge in [0, 0.05) is 11.8 Å². The normalized spacial score (nSPS) is 22.6. The first-order valence-corrected chi connectivity index (χ1v) is 15.6. The average Bonchev–Trinajstić information content (AvgIpc) is 3.01. The number of carbonyl (C=O) groups excluding carboxylic acids is 2. The van der Waals surface area contributed by atoms with E-state index in [4.69, 9.17) is 17.2 Å². The van der Waals surface area contributed by atoms with E-state index < -0.39 is 35.6 Å². The minimum absolute atomic E-state index is 0.0343. The highest BCUT2D eigenvalue weighted by Crippen LogP contribution is 2.29. The van der Waals surface area contributed by atoms with Gasteiger partial charge in [0.2, 0.25) is 11.8 Å². The van der Waals surface area contributed by atoms with E-state index in [0.717, 1.165) is 51.6 Å². The maximum atomic E-state index is 13.5. The van der Waals surface area contributed by atoms with Crippen LogP contribution in [0, 0.1) is 0 Å². The molecule has 2 heterocycles. The zero-order valence-corrected chi connectivity index (χ0v) is 26.8. The average molecular weight is 645 g/mol. The molecule has 0 radical (unpaired) electrons. The molecule has 0 bridgehead atoms. The zero-order valence-electron chi connectivity index (χ0n) is 26.8. The number of halogens is 3. The molecule has 4 atom stereocenters. The summed E-state index contributed by atoms with van der Waals surface area (Å²) in [6, 6.07) is 12.2. The van der Waals surface area contributed by atoms with Gasteiger partial charge in [-0.05, 0) is 42.7 Å². The number of carbonyl (C=O) groups is 2. The third-order valence-electron chi connectivity index (χ3n) is 9.49. The molecule has 3 aromatic rings. The summed E-state index contributed by atoms with van der Waals surface area (Å²) in [6.07, 6.45) is -1.95. The van der Waals surface area contributed by atoms with Crippen LogP contribution >= 0.6 is 0 Å². The van der Waals surface area contributed by atoms with Crippen LogP contribution < -0.4 is 27.8 Å². The molecule has 1 saturated heterocycles. The van der Waals surface area contributed by atoms with Crippen molar-refractivity contribution in [1.29, 1.82) is 0 Å². The summed E-state index contributed by atoms with van der Waals surface area (Å²) < 4.78 is 40.9. The number of hydrogen-bond donors (Lipinski definition) is 5. The minimum atomic E-state index is -4.49. The smallest absolute Gasteiger partial charge is 0.343 e. The highest BCUT2D eigenvalue weighted by Gasteiger charge is 2.48. The minimum Gasteiger partial charge on any atom is -0.343 e. The first-order valence-electron chi connectivity index (χ1n) is 15.6. The number of quaternary nitrogens is 2. The van der Waals surface area contributed by atoms with Crippen molar-refractivity contribution in [2.75, 3.05) is 59.2 Å². The van der Waals surface area contributed by atoms with Gasteiger partial charge in [-0.1, -0.05) is 30.3 Å². The van der Waals surface area contributed by atoms with Crippen LogP contribution in [0.4, 0.5) is 18.9 Å². The number of benzene rings is 2. The number of hydrogen-bond acceptors (Lipinski definition) is 6. The maximum absolute atomic E-state index is 13.5. The molecule has 10 nitrogen and oxygen atoms in total. The van der Waals surface area contributed by atoms with E-state index in [9.17, 15) is 22.8 Å². The molecular weight excluding hydrogens is 597 g/mol. The number of anilines is 1. The molecule has 1 fully saturated rings. The third-order valence-corrected chi connectivity index (χ3v) is 9.49. The molecule has 46 heavy (non-hydrogen) atoms. The monoisotopic (exact) mass is 644 g/mol. The van der Waals surface area contributed by atoms with E-state index in [1.807, 2.05) is 24.3 Å². The first-order chi connectivity index (χ1) is 21.6. The number of aromatic nitrogens is 1. The molecule has 2 aromatic carbocycles. The summed E-state index contributed by atoms with van der Waals surface area (Å²) in [7, 11) is 6.53. The zero-order chi connectivity index (χ0) is 33.7. The van der Waals surface area contributed by atoms with Gasteiger partial charge in [-0.15, -0.1) is 0 Å². The Kier molecular flexibility index (Phi) is 11.1. The van der Waals surface area contributed by atoms with Crippen LogP contribution in [0.2, 0.25) is 0 Å². The number of piperazine rings is 1. The van der Waals surface area contributed by atoms with Gasteiger partial charge in [-0.2, -0.15) is 13.2 Å². The molecule has 0 saturated carbocycles. The van der Waals surface area contributed by atoms with Crippen molar-refractivity contribution in [3.63, 3.8) is 0 Å². The van der Waals surface area contributed by atoms with Crippen LogP contribution in [-0.4, -0.2) is 104 Å². The second kappa shape index (κ2) is 14.4. The lowest BCUT2D eigenvalue weighted by Gasteiger charge is -2.53. The molecule has 0 aliphatic carbocycles. The van der Waals surface area contributed by atoms with Gasteiger partial charge in [0.15, 0.2) is 12.1 Å². The van der Waals surface area contributed by atoms with Crippen molar-refractivity contribution in [2.24, 2.45) is 17.2 Å². The number of rotatable bonds is 12. The lowest BCUT2D eigenvalue weighted by Crippen LogP contribution is -2.75. The second-order valence-corrected chi connectivity index (χ2v) is 13.2. The van der Waals surface area contributed by atoms with Gasteiger partial charge in [0.05, 0.1) is 69.8 Å². The number of fused-ring (bicyclic) bond motifs is 1. The fourth-order valence-electron chi connectivity index (χ4n) is 6.43. The Morgan fingerprint density at radius 1 is 0.978 bits per heavy atom. The molecule has 1 aliphatic rings. The first kappa shape index (κ1) is 35.2. The van der Waals surface area contributed by atoms with E-state index in [1.165, 1.54) is 18.3 Å². The summed E-state index contributed by atoms with van der Waals surface area (Å²) in [6.45, 7) is 3.67. The molecule has 1 aliphatic heterocycles. The number of nitrogens with two attached hydrogens (primary N) is 3. The Balaban J connectivity index is 1.43. The number of nitrogens with one attached hydrogen (secondary N) is 2. The molecule has 4 rings (SSSR count). The van der Waals surface area contributed by atoms with E-state index in [0.29, 0.717) is 37.2 Å². The largest absolute Gasteiger partial charge is 0.416 e.